The number of rotatable bonds is 4. The Hall–Kier alpha value is -2.65. The lowest BCUT2D eigenvalue weighted by molar-refractivity contribution is -0.138. The number of piperidine rings is 1. The summed E-state index contributed by atoms with van der Waals surface area (Å²) in [7, 11) is 0. The Morgan fingerprint density at radius 3 is 2.65 bits per heavy atom. The van der Waals surface area contributed by atoms with E-state index in [0.717, 1.165) is 31.6 Å². The van der Waals surface area contributed by atoms with E-state index in [0.29, 0.717) is 18.2 Å². The number of ether oxygens (including phenoxy) is 1. The Labute approximate surface area is 153 Å². The zero-order valence-electron chi connectivity index (χ0n) is 15.2. The van der Waals surface area contributed by atoms with Crippen molar-refractivity contribution in [3.05, 3.63) is 35.4 Å². The number of carbonyl (C=O) groups excluding carboxylic acids is 2. The monoisotopic (exact) mass is 353 g/mol. The van der Waals surface area contributed by atoms with Gasteiger partial charge in [0.1, 0.15) is 6.07 Å². The van der Waals surface area contributed by atoms with E-state index < -0.39 is 5.97 Å². The summed E-state index contributed by atoms with van der Waals surface area (Å²) < 4.78 is 4.97. The minimum absolute atomic E-state index is 0.145. The van der Waals surface area contributed by atoms with Gasteiger partial charge in [-0.1, -0.05) is 25.1 Å². The molecule has 26 heavy (non-hydrogen) atoms. The summed E-state index contributed by atoms with van der Waals surface area (Å²) in [4.78, 5) is 29.2. The molecule has 6 heteroatoms. The average Bonchev–Trinajstić information content (AvgIpc) is 2.91. The number of fused-ring (bicyclic) bond motifs is 1. The molecule has 0 N–H and O–H groups in total. The van der Waals surface area contributed by atoms with Crippen LogP contribution < -0.4 is 4.90 Å². The summed E-state index contributed by atoms with van der Waals surface area (Å²) in [5, 5.41) is 9.47. The fourth-order valence-corrected chi connectivity index (χ4v) is 3.47. The third kappa shape index (κ3) is 3.35. The third-order valence-electron chi connectivity index (χ3n) is 4.98. The van der Waals surface area contributed by atoms with E-state index in [2.05, 4.69) is 11.8 Å². The summed E-state index contributed by atoms with van der Waals surface area (Å²) in [6.07, 6.45) is 2.22. The molecule has 0 radical (unpaired) electrons. The van der Waals surface area contributed by atoms with E-state index in [1.165, 1.54) is 0 Å². The van der Waals surface area contributed by atoms with Crippen LogP contribution in [0.1, 0.15) is 32.3 Å². The number of anilines is 1. The van der Waals surface area contributed by atoms with Crippen molar-refractivity contribution in [2.45, 2.75) is 26.7 Å². The van der Waals surface area contributed by atoms with Crippen LogP contribution in [0.2, 0.25) is 0 Å². The highest BCUT2D eigenvalue weighted by Crippen LogP contribution is 2.38. The molecule has 0 spiro atoms. The van der Waals surface area contributed by atoms with Crippen molar-refractivity contribution >= 4 is 23.1 Å². The summed E-state index contributed by atoms with van der Waals surface area (Å²) in [6.45, 7) is 6.42. The first kappa shape index (κ1) is 18.2. The normalized spacial score (nSPS) is 19.9. The van der Waals surface area contributed by atoms with Crippen LogP contribution in [-0.2, 0) is 14.3 Å². The van der Waals surface area contributed by atoms with Gasteiger partial charge in [0.25, 0.3) is 5.91 Å². The van der Waals surface area contributed by atoms with Crippen LogP contribution in [0.3, 0.4) is 0 Å². The highest BCUT2D eigenvalue weighted by Gasteiger charge is 2.37. The number of amides is 1. The number of nitrogens with zero attached hydrogens (tertiary/aromatic N) is 3. The SMILES string of the molecule is CCOC(=O)/C(C#N)=C1\C(=O)N(CN2CCC(C)CC2)c2ccccc21. The van der Waals surface area contributed by atoms with Crippen LogP contribution in [0.25, 0.3) is 5.57 Å². The second kappa shape index (κ2) is 7.71. The van der Waals surface area contributed by atoms with Gasteiger partial charge in [-0.05, 0) is 31.7 Å². The van der Waals surface area contributed by atoms with Crippen LogP contribution in [-0.4, -0.2) is 43.1 Å². The van der Waals surface area contributed by atoms with Crippen LogP contribution >= 0.6 is 0 Å². The molecule has 1 saturated heterocycles. The van der Waals surface area contributed by atoms with E-state index in [1.807, 2.05) is 18.2 Å². The largest absolute Gasteiger partial charge is 0.462 e. The van der Waals surface area contributed by atoms with E-state index in [-0.39, 0.29) is 23.7 Å². The Morgan fingerprint density at radius 1 is 1.31 bits per heavy atom. The molecule has 1 aromatic rings. The van der Waals surface area contributed by atoms with Gasteiger partial charge < -0.3 is 4.74 Å². The quantitative estimate of drug-likeness (QED) is 0.472. The van der Waals surface area contributed by atoms with E-state index in [1.54, 1.807) is 24.0 Å². The molecule has 0 aliphatic carbocycles. The molecule has 1 amide bonds. The molecule has 1 aromatic carbocycles. The smallest absolute Gasteiger partial charge is 0.349 e. The van der Waals surface area contributed by atoms with Crippen molar-refractivity contribution in [2.24, 2.45) is 5.92 Å². The lowest BCUT2D eigenvalue weighted by Gasteiger charge is -2.33. The van der Waals surface area contributed by atoms with Gasteiger partial charge in [-0.15, -0.1) is 0 Å². The summed E-state index contributed by atoms with van der Waals surface area (Å²) in [5.74, 6) is -0.353. The van der Waals surface area contributed by atoms with Crippen LogP contribution in [0, 0.1) is 17.2 Å². The molecule has 0 saturated carbocycles. The van der Waals surface area contributed by atoms with Crippen LogP contribution in [0.4, 0.5) is 5.69 Å². The van der Waals surface area contributed by atoms with Gasteiger partial charge in [0.05, 0.1) is 24.5 Å². The first-order valence-corrected chi connectivity index (χ1v) is 9.02. The van der Waals surface area contributed by atoms with E-state index in [9.17, 15) is 14.9 Å². The highest BCUT2D eigenvalue weighted by atomic mass is 16.5. The van der Waals surface area contributed by atoms with E-state index in [4.69, 9.17) is 4.74 Å². The summed E-state index contributed by atoms with van der Waals surface area (Å²) in [6, 6.07) is 9.16. The maximum absolute atomic E-state index is 13.1. The van der Waals surface area contributed by atoms with Gasteiger partial charge in [-0.2, -0.15) is 5.26 Å². The molecular weight excluding hydrogens is 330 g/mol. The second-order valence-electron chi connectivity index (χ2n) is 6.77. The number of esters is 1. The molecule has 0 aromatic heterocycles. The first-order valence-electron chi connectivity index (χ1n) is 9.02. The molecule has 0 bridgehead atoms. The van der Waals surface area contributed by atoms with Crippen molar-refractivity contribution in [3.63, 3.8) is 0 Å². The number of para-hydroxylation sites is 1. The van der Waals surface area contributed by atoms with Crippen molar-refractivity contribution in [2.75, 3.05) is 31.3 Å². The predicted octanol–water partition coefficient (Wildman–Crippen LogP) is 2.56. The lowest BCUT2D eigenvalue weighted by Crippen LogP contribution is -2.43. The van der Waals surface area contributed by atoms with Gasteiger partial charge in [0, 0.05) is 18.7 Å². The number of nitriles is 1. The fraction of sp³-hybridized carbons (Fsp3) is 0.450. The van der Waals surface area contributed by atoms with Gasteiger partial charge >= 0.3 is 5.97 Å². The number of benzene rings is 1. The molecule has 2 heterocycles. The van der Waals surface area contributed by atoms with Crippen molar-refractivity contribution < 1.29 is 14.3 Å². The Kier molecular flexibility index (Phi) is 5.38. The molecule has 2 aliphatic heterocycles. The minimum atomic E-state index is -0.748. The average molecular weight is 353 g/mol. The van der Waals surface area contributed by atoms with Gasteiger partial charge in [0.2, 0.25) is 0 Å². The molecule has 2 aliphatic rings. The van der Waals surface area contributed by atoms with Gasteiger partial charge in [0.15, 0.2) is 5.57 Å². The number of likely N-dealkylation sites (tertiary alicyclic amines) is 1. The summed E-state index contributed by atoms with van der Waals surface area (Å²) in [5.41, 5.74) is 1.28. The first-order chi connectivity index (χ1) is 12.6. The lowest BCUT2D eigenvalue weighted by atomic mass is 10.00. The van der Waals surface area contributed by atoms with Gasteiger partial charge in [-0.25, -0.2) is 4.79 Å². The number of hydrogen-bond donors (Lipinski definition) is 0. The standard InChI is InChI=1S/C20H23N3O3/c1-3-26-20(25)16(12-21)18-15-6-4-5-7-17(15)23(19(18)24)13-22-10-8-14(2)9-11-22/h4-7,14H,3,8-11,13H2,1-2H3/b18-16-. The molecule has 136 valence electrons. The Morgan fingerprint density at radius 2 is 2.00 bits per heavy atom. The molecule has 6 nitrogen and oxygen atoms in total. The molecule has 3 rings (SSSR count). The Bertz CT molecular complexity index is 786. The topological polar surface area (TPSA) is 73.6 Å². The molecule has 0 unspecified atom stereocenters. The maximum Gasteiger partial charge on any atom is 0.349 e. The predicted molar refractivity (Wildman–Crippen MR) is 97.9 cm³/mol. The molecule has 0 atom stereocenters. The van der Waals surface area contributed by atoms with Crippen LogP contribution in [0.5, 0.6) is 0 Å². The van der Waals surface area contributed by atoms with Crippen LogP contribution in [0.15, 0.2) is 29.8 Å². The minimum Gasteiger partial charge on any atom is -0.462 e. The molecule has 1 fully saturated rings. The van der Waals surface area contributed by atoms with Gasteiger partial charge in [-0.3, -0.25) is 14.6 Å². The number of hydrogen-bond acceptors (Lipinski definition) is 5. The summed E-state index contributed by atoms with van der Waals surface area (Å²) >= 11 is 0. The highest BCUT2D eigenvalue weighted by molar-refractivity contribution is 6.36. The zero-order chi connectivity index (χ0) is 18.7. The van der Waals surface area contributed by atoms with Crippen molar-refractivity contribution in [3.8, 4) is 6.07 Å². The fourth-order valence-electron chi connectivity index (χ4n) is 3.47. The zero-order valence-corrected chi connectivity index (χ0v) is 15.2. The molecular formula is C20H23N3O3. The Balaban J connectivity index is 1.96. The second-order valence-corrected chi connectivity index (χ2v) is 6.77. The number of carbonyl (C=O) groups is 2. The van der Waals surface area contributed by atoms with Crippen molar-refractivity contribution in [1.29, 1.82) is 5.26 Å². The van der Waals surface area contributed by atoms with E-state index >= 15 is 0 Å². The maximum atomic E-state index is 13.1. The van der Waals surface area contributed by atoms with Crippen molar-refractivity contribution in [1.82, 2.24) is 4.90 Å². The third-order valence-corrected chi connectivity index (χ3v) is 4.98.